The van der Waals surface area contributed by atoms with Gasteiger partial charge in [0.1, 0.15) is 0 Å². The van der Waals surface area contributed by atoms with Crippen LogP contribution >= 0.6 is 11.8 Å². The van der Waals surface area contributed by atoms with Gasteiger partial charge in [0.2, 0.25) is 0 Å². The zero-order chi connectivity index (χ0) is 19.2. The molecule has 1 aliphatic rings. The van der Waals surface area contributed by atoms with E-state index in [1.807, 2.05) is 0 Å². The molecule has 0 aliphatic heterocycles. The largest absolute Gasteiger partial charge is 0.303 e. The van der Waals surface area contributed by atoms with Gasteiger partial charge in [-0.15, -0.1) is 11.8 Å². The molecule has 3 aromatic rings. The molecule has 1 atom stereocenters. The molecular formula is C26H29NS. The molecule has 0 saturated heterocycles. The molecule has 1 saturated carbocycles. The highest BCUT2D eigenvalue weighted by atomic mass is 32.2. The van der Waals surface area contributed by atoms with Crippen molar-refractivity contribution >= 4 is 11.8 Å². The van der Waals surface area contributed by atoms with Crippen molar-refractivity contribution in [3.05, 3.63) is 90.0 Å². The topological polar surface area (TPSA) is 12.0 Å². The van der Waals surface area contributed by atoms with E-state index in [1.54, 1.807) is 11.8 Å². The van der Waals surface area contributed by atoms with Gasteiger partial charge in [0.15, 0.2) is 0 Å². The predicted octanol–water partition coefficient (Wildman–Crippen LogP) is 7.09. The minimum atomic E-state index is 0.223. The van der Waals surface area contributed by atoms with Crippen molar-refractivity contribution in [3.63, 3.8) is 0 Å². The van der Waals surface area contributed by atoms with Crippen LogP contribution in [0.3, 0.4) is 0 Å². The standard InChI is InChI=1S/C26H29NS/c1-28-23-18-16-20(17-19-23)24-14-8-9-15-25(24)26(21-10-4-2-5-11-21)27-22-12-6-3-7-13-22/h2,4-5,8-11,14-19,22,26-27H,3,6-7,12-13H2,1H3. The number of hydrogen-bond donors (Lipinski definition) is 1. The highest BCUT2D eigenvalue weighted by molar-refractivity contribution is 7.98. The van der Waals surface area contributed by atoms with Gasteiger partial charge in [-0.1, -0.05) is 86.0 Å². The van der Waals surface area contributed by atoms with Crippen LogP contribution in [0.2, 0.25) is 0 Å². The Labute approximate surface area is 173 Å². The second-order valence-corrected chi connectivity index (χ2v) is 8.54. The zero-order valence-electron chi connectivity index (χ0n) is 16.6. The number of hydrogen-bond acceptors (Lipinski definition) is 2. The maximum absolute atomic E-state index is 4.02. The van der Waals surface area contributed by atoms with E-state index < -0.39 is 0 Å². The summed E-state index contributed by atoms with van der Waals surface area (Å²) in [5.41, 5.74) is 5.34. The highest BCUT2D eigenvalue weighted by Crippen LogP contribution is 2.34. The van der Waals surface area contributed by atoms with E-state index in [0.29, 0.717) is 6.04 Å². The Kier molecular flexibility index (Phi) is 6.51. The maximum atomic E-state index is 4.02. The number of rotatable bonds is 6. The zero-order valence-corrected chi connectivity index (χ0v) is 17.4. The summed E-state index contributed by atoms with van der Waals surface area (Å²) in [6, 6.07) is 29.6. The SMILES string of the molecule is CSc1ccc(-c2ccccc2C(NC2CCCCC2)c2ccccc2)cc1. The van der Waals surface area contributed by atoms with Gasteiger partial charge in [-0.3, -0.25) is 0 Å². The lowest BCUT2D eigenvalue weighted by molar-refractivity contribution is 0.355. The lowest BCUT2D eigenvalue weighted by Gasteiger charge is -2.30. The third-order valence-electron chi connectivity index (χ3n) is 5.81. The van der Waals surface area contributed by atoms with Gasteiger partial charge < -0.3 is 5.32 Å². The fourth-order valence-electron chi connectivity index (χ4n) is 4.30. The van der Waals surface area contributed by atoms with Gasteiger partial charge in [-0.25, -0.2) is 0 Å². The molecule has 0 amide bonds. The normalized spacial score (nSPS) is 16.0. The van der Waals surface area contributed by atoms with E-state index in [1.165, 1.54) is 59.3 Å². The van der Waals surface area contributed by atoms with E-state index in [-0.39, 0.29) is 6.04 Å². The van der Waals surface area contributed by atoms with Crippen molar-refractivity contribution in [2.75, 3.05) is 6.26 Å². The van der Waals surface area contributed by atoms with E-state index in [9.17, 15) is 0 Å². The molecule has 1 N–H and O–H groups in total. The smallest absolute Gasteiger partial charge is 0.0584 e. The van der Waals surface area contributed by atoms with Gasteiger partial charge in [0, 0.05) is 10.9 Å². The number of thioether (sulfide) groups is 1. The second kappa shape index (κ2) is 9.45. The van der Waals surface area contributed by atoms with E-state index in [4.69, 9.17) is 0 Å². The summed E-state index contributed by atoms with van der Waals surface area (Å²) in [7, 11) is 0. The van der Waals surface area contributed by atoms with Gasteiger partial charge in [-0.2, -0.15) is 0 Å². The summed E-state index contributed by atoms with van der Waals surface area (Å²) in [6.45, 7) is 0. The Hall–Kier alpha value is -2.03. The summed E-state index contributed by atoms with van der Waals surface area (Å²) in [6.07, 6.45) is 8.77. The molecule has 1 fully saturated rings. The minimum Gasteiger partial charge on any atom is -0.303 e. The van der Waals surface area contributed by atoms with Gasteiger partial charge in [-0.05, 0) is 53.5 Å². The fourth-order valence-corrected chi connectivity index (χ4v) is 4.71. The second-order valence-electron chi connectivity index (χ2n) is 7.66. The molecule has 0 spiro atoms. The van der Waals surface area contributed by atoms with E-state index in [2.05, 4.69) is 90.4 Å². The Morgan fingerprint density at radius 3 is 2.18 bits per heavy atom. The minimum absolute atomic E-state index is 0.223. The molecule has 144 valence electrons. The molecule has 1 unspecified atom stereocenters. The van der Waals surface area contributed by atoms with E-state index in [0.717, 1.165) is 0 Å². The lowest BCUT2D eigenvalue weighted by Crippen LogP contribution is -2.35. The average molecular weight is 388 g/mol. The van der Waals surface area contributed by atoms with Crippen LogP contribution in [0.15, 0.2) is 83.8 Å². The molecule has 28 heavy (non-hydrogen) atoms. The highest BCUT2D eigenvalue weighted by Gasteiger charge is 2.22. The maximum Gasteiger partial charge on any atom is 0.0584 e. The van der Waals surface area contributed by atoms with Crippen molar-refractivity contribution in [2.24, 2.45) is 0 Å². The number of nitrogens with one attached hydrogen (secondary N) is 1. The molecule has 0 aromatic heterocycles. The third-order valence-corrected chi connectivity index (χ3v) is 6.56. The fraction of sp³-hybridized carbons (Fsp3) is 0.308. The molecule has 0 bridgehead atoms. The Bertz CT molecular complexity index is 866. The summed E-state index contributed by atoms with van der Waals surface area (Å²) in [5, 5.41) is 4.02. The Morgan fingerprint density at radius 2 is 1.46 bits per heavy atom. The van der Waals surface area contributed by atoms with Crippen LogP contribution in [0.25, 0.3) is 11.1 Å². The summed E-state index contributed by atoms with van der Waals surface area (Å²) >= 11 is 1.79. The summed E-state index contributed by atoms with van der Waals surface area (Å²) < 4.78 is 0. The first-order chi connectivity index (χ1) is 13.8. The van der Waals surface area contributed by atoms with Crippen LogP contribution in [0, 0.1) is 0 Å². The first kappa shape index (κ1) is 19.3. The van der Waals surface area contributed by atoms with Crippen LogP contribution < -0.4 is 5.32 Å². The van der Waals surface area contributed by atoms with Crippen molar-refractivity contribution in [2.45, 2.75) is 49.1 Å². The average Bonchev–Trinajstić information content (AvgIpc) is 2.79. The van der Waals surface area contributed by atoms with Gasteiger partial charge >= 0.3 is 0 Å². The van der Waals surface area contributed by atoms with Crippen molar-refractivity contribution in [1.29, 1.82) is 0 Å². The summed E-state index contributed by atoms with van der Waals surface area (Å²) in [5.74, 6) is 0. The molecular weight excluding hydrogens is 358 g/mol. The quantitative estimate of drug-likeness (QED) is 0.453. The van der Waals surface area contributed by atoms with Crippen LogP contribution in [-0.2, 0) is 0 Å². The predicted molar refractivity (Wildman–Crippen MR) is 122 cm³/mol. The van der Waals surface area contributed by atoms with Crippen molar-refractivity contribution in [3.8, 4) is 11.1 Å². The summed E-state index contributed by atoms with van der Waals surface area (Å²) in [4.78, 5) is 1.31. The van der Waals surface area contributed by atoms with Crippen molar-refractivity contribution < 1.29 is 0 Å². The van der Waals surface area contributed by atoms with Crippen LogP contribution in [0.1, 0.15) is 49.3 Å². The molecule has 3 aromatic carbocycles. The molecule has 1 nitrogen and oxygen atoms in total. The van der Waals surface area contributed by atoms with Gasteiger partial charge in [0.25, 0.3) is 0 Å². The van der Waals surface area contributed by atoms with Crippen molar-refractivity contribution in [1.82, 2.24) is 5.32 Å². The third kappa shape index (κ3) is 4.51. The molecule has 0 radical (unpaired) electrons. The van der Waals surface area contributed by atoms with E-state index >= 15 is 0 Å². The first-order valence-corrected chi connectivity index (χ1v) is 11.6. The Morgan fingerprint density at radius 1 is 0.786 bits per heavy atom. The molecule has 0 heterocycles. The monoisotopic (exact) mass is 387 g/mol. The van der Waals surface area contributed by atoms with Gasteiger partial charge in [0.05, 0.1) is 6.04 Å². The first-order valence-electron chi connectivity index (χ1n) is 10.4. The van der Waals surface area contributed by atoms with Crippen LogP contribution in [-0.4, -0.2) is 12.3 Å². The molecule has 1 aliphatic carbocycles. The lowest BCUT2D eigenvalue weighted by atomic mass is 9.88. The number of benzene rings is 3. The van der Waals surface area contributed by atoms with Crippen LogP contribution in [0.4, 0.5) is 0 Å². The molecule has 4 rings (SSSR count). The van der Waals surface area contributed by atoms with Crippen LogP contribution in [0.5, 0.6) is 0 Å². The Balaban J connectivity index is 1.73. The molecule has 2 heteroatoms.